The van der Waals surface area contributed by atoms with Gasteiger partial charge in [0.25, 0.3) is 0 Å². The van der Waals surface area contributed by atoms with Crippen molar-refractivity contribution in [2.45, 2.75) is 36.9 Å². The third-order valence-electron chi connectivity index (χ3n) is 1.57. The van der Waals surface area contributed by atoms with Crippen molar-refractivity contribution < 1.29 is 4.74 Å². The molecule has 0 bridgehead atoms. The highest BCUT2D eigenvalue weighted by Gasteiger charge is 2.27. The maximum Gasteiger partial charge on any atom is 0.120 e. The summed E-state index contributed by atoms with van der Waals surface area (Å²) in [5, 5.41) is 3.10. The molecule has 1 aliphatic carbocycles. The van der Waals surface area contributed by atoms with E-state index in [2.05, 4.69) is 28.2 Å². The Morgan fingerprint density at radius 3 is 2.50 bits per heavy atom. The molecule has 1 fully saturated rings. The molecule has 0 aliphatic heterocycles. The Hall–Kier alpha value is 0.400. The molecule has 1 N–H and O–H groups in total. The molecule has 0 aromatic heterocycles. The number of ether oxygens (including phenoxy) is 1. The third kappa shape index (κ3) is 2.56. The summed E-state index contributed by atoms with van der Waals surface area (Å²) in [6, 6.07) is 0. The van der Waals surface area contributed by atoms with E-state index >= 15 is 0 Å². The molecular weight excluding hydrogens is 194 g/mol. The first kappa shape index (κ1) is 8.50. The van der Waals surface area contributed by atoms with Crippen LogP contribution >= 0.6 is 15.9 Å². The van der Waals surface area contributed by atoms with Crippen molar-refractivity contribution in [3.63, 3.8) is 0 Å². The lowest BCUT2D eigenvalue weighted by molar-refractivity contribution is 0.0250. The zero-order valence-electron chi connectivity index (χ0n) is 6.43. The van der Waals surface area contributed by atoms with E-state index < -0.39 is 0 Å². The lowest BCUT2D eigenvalue weighted by atomic mass is 10.4. The maximum atomic E-state index is 5.61. The van der Waals surface area contributed by atoms with Gasteiger partial charge in [-0.15, -0.1) is 0 Å². The number of nitrogens with one attached hydrogen (secondary N) is 1. The zero-order valence-corrected chi connectivity index (χ0v) is 8.02. The van der Waals surface area contributed by atoms with E-state index in [1.807, 2.05) is 7.05 Å². The normalized spacial score (nSPS) is 24.3. The summed E-state index contributed by atoms with van der Waals surface area (Å²) < 4.78 is 5.61. The van der Waals surface area contributed by atoms with Gasteiger partial charge in [0.2, 0.25) is 0 Å². The van der Waals surface area contributed by atoms with Gasteiger partial charge in [0.1, 0.15) is 6.23 Å². The van der Waals surface area contributed by atoms with Gasteiger partial charge < -0.3 is 4.74 Å². The molecule has 0 saturated heterocycles. The van der Waals surface area contributed by atoms with E-state index in [4.69, 9.17) is 4.74 Å². The molecule has 1 rings (SSSR count). The molecule has 10 heavy (non-hydrogen) atoms. The van der Waals surface area contributed by atoms with Gasteiger partial charge in [-0.1, -0.05) is 15.9 Å². The highest BCUT2D eigenvalue weighted by molar-refractivity contribution is 9.09. The van der Waals surface area contributed by atoms with E-state index in [1.54, 1.807) is 0 Å². The molecule has 0 amide bonds. The van der Waals surface area contributed by atoms with Gasteiger partial charge in [-0.25, -0.2) is 0 Å². The number of rotatable bonds is 4. The molecule has 1 unspecified atom stereocenters. The van der Waals surface area contributed by atoms with Crippen LogP contribution in [-0.2, 0) is 4.74 Å². The summed E-state index contributed by atoms with van der Waals surface area (Å²) in [5.74, 6) is 0. The molecule has 1 aliphatic rings. The van der Waals surface area contributed by atoms with Gasteiger partial charge in [-0.05, 0) is 26.8 Å². The predicted octanol–water partition coefficient (Wildman–Crippen LogP) is 1.49. The average Bonchev–Trinajstić information content (AvgIpc) is 2.64. The Morgan fingerprint density at radius 2 is 2.20 bits per heavy atom. The van der Waals surface area contributed by atoms with Crippen LogP contribution in [0, 0.1) is 0 Å². The topological polar surface area (TPSA) is 21.3 Å². The van der Waals surface area contributed by atoms with Crippen molar-refractivity contribution in [2.75, 3.05) is 7.05 Å². The van der Waals surface area contributed by atoms with Crippen LogP contribution < -0.4 is 5.32 Å². The quantitative estimate of drug-likeness (QED) is 0.558. The Bertz CT molecular complexity index is 104. The first-order chi connectivity index (χ1) is 4.74. The number of hydrogen-bond acceptors (Lipinski definition) is 2. The lowest BCUT2D eigenvalue weighted by Gasteiger charge is -2.18. The number of alkyl halides is 1. The molecule has 2 nitrogen and oxygen atoms in total. The van der Waals surface area contributed by atoms with Gasteiger partial charge in [0.15, 0.2) is 0 Å². The van der Waals surface area contributed by atoms with Crippen LogP contribution in [0.25, 0.3) is 0 Å². The Labute approximate surface area is 70.5 Å². The third-order valence-corrected chi connectivity index (χ3v) is 2.05. The van der Waals surface area contributed by atoms with E-state index in [1.165, 1.54) is 12.8 Å². The van der Waals surface area contributed by atoms with Crippen molar-refractivity contribution in [2.24, 2.45) is 0 Å². The molecule has 60 valence electrons. The first-order valence-corrected chi connectivity index (χ1v) is 4.62. The minimum Gasteiger partial charge on any atom is -0.359 e. The molecule has 0 radical (unpaired) electrons. The molecule has 0 aromatic rings. The summed E-state index contributed by atoms with van der Waals surface area (Å²) in [6.07, 6.45) is 3.17. The Kier molecular flexibility index (Phi) is 3.14. The number of hydrogen-bond donors (Lipinski definition) is 1. The smallest absolute Gasteiger partial charge is 0.120 e. The van der Waals surface area contributed by atoms with Crippen molar-refractivity contribution in [1.82, 2.24) is 5.32 Å². The maximum absolute atomic E-state index is 5.61. The van der Waals surface area contributed by atoms with Gasteiger partial charge in [0, 0.05) is 0 Å². The van der Waals surface area contributed by atoms with Crippen molar-refractivity contribution in [1.29, 1.82) is 0 Å². The minimum atomic E-state index is 0.174. The van der Waals surface area contributed by atoms with Crippen molar-refractivity contribution >= 4 is 15.9 Å². The summed E-state index contributed by atoms with van der Waals surface area (Å²) in [4.78, 5) is 0.387. The fourth-order valence-electron chi connectivity index (χ4n) is 0.817. The minimum absolute atomic E-state index is 0.174. The van der Waals surface area contributed by atoms with Crippen LogP contribution in [-0.4, -0.2) is 24.2 Å². The lowest BCUT2D eigenvalue weighted by Crippen LogP contribution is -2.35. The van der Waals surface area contributed by atoms with Crippen LogP contribution in [0.1, 0.15) is 19.8 Å². The Balaban J connectivity index is 2.17. The van der Waals surface area contributed by atoms with Crippen LogP contribution in [0.2, 0.25) is 0 Å². The molecular formula is C7H14BrNO. The van der Waals surface area contributed by atoms with Crippen LogP contribution in [0.5, 0.6) is 0 Å². The summed E-state index contributed by atoms with van der Waals surface area (Å²) >= 11 is 3.47. The average molecular weight is 208 g/mol. The van der Waals surface area contributed by atoms with Gasteiger partial charge in [0.05, 0.1) is 10.9 Å². The van der Waals surface area contributed by atoms with E-state index in [0.29, 0.717) is 10.9 Å². The van der Waals surface area contributed by atoms with E-state index in [-0.39, 0.29) is 6.23 Å². The second-order valence-electron chi connectivity index (χ2n) is 2.72. The molecule has 0 heterocycles. The monoisotopic (exact) mass is 207 g/mol. The fraction of sp³-hybridized carbons (Fsp3) is 1.00. The highest BCUT2D eigenvalue weighted by atomic mass is 79.9. The van der Waals surface area contributed by atoms with Gasteiger partial charge in [-0.3, -0.25) is 5.32 Å². The zero-order chi connectivity index (χ0) is 7.56. The SMILES string of the molecule is CN[C@@H](OC1CC1)C(C)Br. The Morgan fingerprint density at radius 1 is 1.60 bits per heavy atom. The molecule has 0 spiro atoms. The largest absolute Gasteiger partial charge is 0.359 e. The van der Waals surface area contributed by atoms with Crippen molar-refractivity contribution in [3.05, 3.63) is 0 Å². The second-order valence-corrected chi connectivity index (χ2v) is 4.17. The van der Waals surface area contributed by atoms with Crippen LogP contribution in [0.3, 0.4) is 0 Å². The van der Waals surface area contributed by atoms with Crippen LogP contribution in [0.4, 0.5) is 0 Å². The highest BCUT2D eigenvalue weighted by Crippen LogP contribution is 2.26. The molecule has 1 saturated carbocycles. The number of halogens is 1. The van der Waals surface area contributed by atoms with Gasteiger partial charge >= 0.3 is 0 Å². The van der Waals surface area contributed by atoms with Crippen molar-refractivity contribution in [3.8, 4) is 0 Å². The van der Waals surface area contributed by atoms with Crippen LogP contribution in [0.15, 0.2) is 0 Å². The van der Waals surface area contributed by atoms with Gasteiger partial charge in [-0.2, -0.15) is 0 Å². The first-order valence-electron chi connectivity index (χ1n) is 3.71. The summed E-state index contributed by atoms with van der Waals surface area (Å²) in [6.45, 7) is 2.09. The fourth-order valence-corrected chi connectivity index (χ4v) is 1.21. The molecule has 2 atom stereocenters. The molecule has 0 aromatic carbocycles. The second kappa shape index (κ2) is 3.69. The van der Waals surface area contributed by atoms with E-state index in [9.17, 15) is 0 Å². The predicted molar refractivity (Wildman–Crippen MR) is 45.3 cm³/mol. The molecule has 3 heteroatoms. The summed E-state index contributed by atoms with van der Waals surface area (Å²) in [5.41, 5.74) is 0. The summed E-state index contributed by atoms with van der Waals surface area (Å²) in [7, 11) is 1.92. The van der Waals surface area contributed by atoms with E-state index in [0.717, 1.165) is 0 Å². The standard InChI is InChI=1S/C7H14BrNO/c1-5(8)7(9-2)10-6-3-4-6/h5-7,9H,3-4H2,1-2H3/t5?,7-/m0/s1.